The summed E-state index contributed by atoms with van der Waals surface area (Å²) in [5, 5.41) is 4.08. The van der Waals surface area contributed by atoms with E-state index in [9.17, 15) is 0 Å². The minimum absolute atomic E-state index is 0.439. The van der Waals surface area contributed by atoms with Crippen LogP contribution in [0.4, 0.5) is 0 Å². The largest absolute Gasteiger partial charge is 0.457 e. The Balaban J connectivity index is 1.40. The molecule has 2 aromatic heterocycles. The first-order valence-corrected chi connectivity index (χ1v) is 9.08. The van der Waals surface area contributed by atoms with Gasteiger partial charge in [-0.05, 0) is 43.0 Å². The molecular formula is C18H20N4OS. The number of benzene rings is 1. The number of fused-ring (bicyclic) bond motifs is 1. The highest BCUT2D eigenvalue weighted by molar-refractivity contribution is 7.21. The predicted octanol–water partition coefficient (Wildman–Crippen LogP) is 3.76. The Morgan fingerprint density at radius 2 is 2.17 bits per heavy atom. The number of aromatic nitrogens is 1. The summed E-state index contributed by atoms with van der Waals surface area (Å²) < 4.78 is 7.03. The molecule has 4 rings (SSSR count). The topological polar surface area (TPSA) is 76.4 Å². The SMILES string of the molecule is NC(=NCc1ccc(-c2nc3ccccc3s2)o1)NCC1CCC1. The standard InChI is InChI=1S/C18H20N4OS/c19-18(20-10-12-4-3-5-12)21-11-13-8-9-15(23-13)17-22-14-6-1-2-7-16(14)24-17/h1-2,6-9,12H,3-5,10-11H2,(H3,19,20,21). The summed E-state index contributed by atoms with van der Waals surface area (Å²) in [6.07, 6.45) is 3.93. The number of rotatable bonds is 5. The molecule has 0 amide bonds. The van der Waals surface area contributed by atoms with Gasteiger partial charge in [0.25, 0.3) is 0 Å². The lowest BCUT2D eigenvalue weighted by Gasteiger charge is -2.25. The van der Waals surface area contributed by atoms with Gasteiger partial charge in [-0.2, -0.15) is 0 Å². The molecule has 5 nitrogen and oxygen atoms in total. The predicted molar refractivity (Wildman–Crippen MR) is 98.0 cm³/mol. The molecule has 0 saturated heterocycles. The minimum atomic E-state index is 0.439. The number of thiazole rings is 1. The number of para-hydroxylation sites is 1. The van der Waals surface area contributed by atoms with E-state index in [0.29, 0.717) is 12.5 Å². The molecule has 1 aliphatic rings. The maximum Gasteiger partial charge on any atom is 0.189 e. The zero-order chi connectivity index (χ0) is 16.4. The van der Waals surface area contributed by atoms with Gasteiger partial charge in [0.1, 0.15) is 12.3 Å². The molecule has 0 unspecified atom stereocenters. The van der Waals surface area contributed by atoms with E-state index in [1.807, 2.05) is 30.3 Å². The minimum Gasteiger partial charge on any atom is -0.457 e. The van der Waals surface area contributed by atoms with E-state index in [1.54, 1.807) is 11.3 Å². The second-order valence-corrected chi connectivity index (χ2v) is 7.16. The van der Waals surface area contributed by atoms with Crippen LogP contribution in [-0.4, -0.2) is 17.5 Å². The van der Waals surface area contributed by atoms with Crippen molar-refractivity contribution in [2.24, 2.45) is 16.6 Å². The van der Waals surface area contributed by atoms with Crippen LogP contribution >= 0.6 is 11.3 Å². The second-order valence-electron chi connectivity index (χ2n) is 6.13. The van der Waals surface area contributed by atoms with Gasteiger partial charge >= 0.3 is 0 Å². The number of aliphatic imine (C=N–C) groups is 1. The summed E-state index contributed by atoms with van der Waals surface area (Å²) in [5.74, 6) is 2.81. The van der Waals surface area contributed by atoms with Crippen molar-refractivity contribution < 1.29 is 4.42 Å². The first-order chi connectivity index (χ1) is 11.8. The van der Waals surface area contributed by atoms with Crippen molar-refractivity contribution in [2.75, 3.05) is 6.54 Å². The molecule has 6 heteroatoms. The number of hydrogen-bond acceptors (Lipinski definition) is 4. The van der Waals surface area contributed by atoms with Crippen LogP contribution in [0.5, 0.6) is 0 Å². The smallest absolute Gasteiger partial charge is 0.189 e. The van der Waals surface area contributed by atoms with Gasteiger partial charge in [0.05, 0.1) is 10.2 Å². The third-order valence-electron chi connectivity index (χ3n) is 4.37. The van der Waals surface area contributed by atoms with Gasteiger partial charge in [-0.25, -0.2) is 9.98 Å². The summed E-state index contributed by atoms with van der Waals surface area (Å²) in [5.41, 5.74) is 6.90. The highest BCUT2D eigenvalue weighted by Crippen LogP contribution is 2.31. The molecule has 1 fully saturated rings. The summed E-state index contributed by atoms with van der Waals surface area (Å²) in [4.78, 5) is 8.96. The third-order valence-corrected chi connectivity index (χ3v) is 5.42. The molecule has 1 aromatic carbocycles. The zero-order valence-corrected chi connectivity index (χ0v) is 14.2. The lowest BCUT2D eigenvalue weighted by Crippen LogP contribution is -2.37. The van der Waals surface area contributed by atoms with Crippen LogP contribution in [0.15, 0.2) is 45.8 Å². The van der Waals surface area contributed by atoms with Gasteiger partial charge < -0.3 is 15.5 Å². The van der Waals surface area contributed by atoms with Crippen LogP contribution < -0.4 is 11.1 Å². The first kappa shape index (κ1) is 15.2. The maximum atomic E-state index is 5.90. The summed E-state index contributed by atoms with van der Waals surface area (Å²) in [7, 11) is 0. The third kappa shape index (κ3) is 3.28. The second kappa shape index (κ2) is 6.65. The fraction of sp³-hybridized carbons (Fsp3) is 0.333. The Morgan fingerprint density at radius 1 is 1.29 bits per heavy atom. The van der Waals surface area contributed by atoms with Gasteiger partial charge in [-0.3, -0.25) is 0 Å². The van der Waals surface area contributed by atoms with Crippen LogP contribution in [0.2, 0.25) is 0 Å². The van der Waals surface area contributed by atoms with Crippen LogP contribution in [0.25, 0.3) is 21.0 Å². The van der Waals surface area contributed by atoms with Crippen LogP contribution in [-0.2, 0) is 6.54 Å². The molecular weight excluding hydrogens is 320 g/mol. The number of furan rings is 1. The Kier molecular flexibility index (Phi) is 4.21. The van der Waals surface area contributed by atoms with E-state index in [0.717, 1.165) is 39.2 Å². The Bertz CT molecular complexity index is 830. The summed E-state index contributed by atoms with van der Waals surface area (Å²) in [6, 6.07) is 12.0. The molecule has 0 atom stereocenters. The Hall–Kier alpha value is -2.34. The highest BCUT2D eigenvalue weighted by Gasteiger charge is 2.16. The average molecular weight is 340 g/mol. The quantitative estimate of drug-likeness (QED) is 0.548. The van der Waals surface area contributed by atoms with E-state index in [1.165, 1.54) is 19.3 Å². The number of hydrogen-bond donors (Lipinski definition) is 2. The van der Waals surface area contributed by atoms with Crippen molar-refractivity contribution in [3.63, 3.8) is 0 Å². The number of nitrogens with one attached hydrogen (secondary N) is 1. The van der Waals surface area contributed by atoms with E-state index < -0.39 is 0 Å². The molecule has 0 radical (unpaired) electrons. The lowest BCUT2D eigenvalue weighted by molar-refractivity contribution is 0.315. The molecule has 124 valence electrons. The Morgan fingerprint density at radius 3 is 2.96 bits per heavy atom. The Labute approximate surface area is 144 Å². The van der Waals surface area contributed by atoms with Gasteiger partial charge in [-0.15, -0.1) is 11.3 Å². The van der Waals surface area contributed by atoms with Crippen molar-refractivity contribution in [3.8, 4) is 10.8 Å². The number of nitrogens with two attached hydrogens (primary N) is 1. The van der Waals surface area contributed by atoms with Gasteiger partial charge in [-0.1, -0.05) is 18.6 Å². The molecule has 0 bridgehead atoms. The lowest BCUT2D eigenvalue weighted by atomic mass is 9.85. The fourth-order valence-corrected chi connectivity index (χ4v) is 3.65. The van der Waals surface area contributed by atoms with E-state index in [-0.39, 0.29) is 0 Å². The number of nitrogens with zero attached hydrogens (tertiary/aromatic N) is 2. The fourth-order valence-electron chi connectivity index (χ4n) is 2.72. The molecule has 2 heterocycles. The summed E-state index contributed by atoms with van der Waals surface area (Å²) >= 11 is 1.63. The summed E-state index contributed by atoms with van der Waals surface area (Å²) in [6.45, 7) is 1.36. The van der Waals surface area contributed by atoms with E-state index in [4.69, 9.17) is 10.2 Å². The molecule has 3 N–H and O–H groups in total. The van der Waals surface area contributed by atoms with E-state index >= 15 is 0 Å². The van der Waals surface area contributed by atoms with Crippen LogP contribution in [0.1, 0.15) is 25.0 Å². The zero-order valence-electron chi connectivity index (χ0n) is 13.4. The molecule has 24 heavy (non-hydrogen) atoms. The van der Waals surface area contributed by atoms with Crippen LogP contribution in [0, 0.1) is 5.92 Å². The van der Waals surface area contributed by atoms with Crippen molar-refractivity contribution in [1.82, 2.24) is 10.3 Å². The molecule has 1 aliphatic carbocycles. The van der Waals surface area contributed by atoms with Gasteiger partial charge in [0.2, 0.25) is 0 Å². The average Bonchev–Trinajstić information content (AvgIpc) is 3.17. The highest BCUT2D eigenvalue weighted by atomic mass is 32.1. The maximum absolute atomic E-state index is 5.90. The number of guanidine groups is 1. The van der Waals surface area contributed by atoms with Crippen LogP contribution in [0.3, 0.4) is 0 Å². The van der Waals surface area contributed by atoms with Gasteiger partial charge in [0, 0.05) is 6.54 Å². The van der Waals surface area contributed by atoms with E-state index in [2.05, 4.69) is 21.4 Å². The van der Waals surface area contributed by atoms with Crippen molar-refractivity contribution in [2.45, 2.75) is 25.8 Å². The van der Waals surface area contributed by atoms with Gasteiger partial charge in [0.15, 0.2) is 16.7 Å². The normalized spacial score (nSPS) is 15.6. The van der Waals surface area contributed by atoms with Crippen molar-refractivity contribution in [1.29, 1.82) is 0 Å². The molecule has 1 saturated carbocycles. The molecule has 0 aliphatic heterocycles. The van der Waals surface area contributed by atoms with Crippen molar-refractivity contribution >= 4 is 27.5 Å². The first-order valence-electron chi connectivity index (χ1n) is 8.26. The van der Waals surface area contributed by atoms with Crippen molar-refractivity contribution in [3.05, 3.63) is 42.2 Å². The molecule has 3 aromatic rings. The monoisotopic (exact) mass is 340 g/mol. The molecule has 0 spiro atoms.